The van der Waals surface area contributed by atoms with Crippen LogP contribution in [0.5, 0.6) is 0 Å². The molecule has 0 spiro atoms. The first kappa shape index (κ1) is 10.6. The highest BCUT2D eigenvalue weighted by Gasteiger charge is 2.36. The van der Waals surface area contributed by atoms with E-state index in [1.807, 2.05) is 0 Å². The molecule has 0 aromatic heterocycles. The molecule has 0 atom stereocenters. The SMILES string of the molecule is CCC(C)(CC)C1=NC(C)(C)CO1. The molecule has 0 bridgehead atoms. The minimum atomic E-state index is -0.0130. The van der Waals surface area contributed by atoms with Gasteiger partial charge in [-0.25, -0.2) is 4.99 Å². The largest absolute Gasteiger partial charge is 0.478 e. The molecule has 1 heterocycles. The second kappa shape index (κ2) is 3.32. The van der Waals surface area contributed by atoms with E-state index >= 15 is 0 Å². The Balaban J connectivity index is 2.84. The zero-order chi connectivity index (χ0) is 10.1. The van der Waals surface area contributed by atoms with E-state index in [0.29, 0.717) is 0 Å². The van der Waals surface area contributed by atoms with Gasteiger partial charge in [-0.1, -0.05) is 20.8 Å². The van der Waals surface area contributed by atoms with Crippen LogP contribution in [-0.2, 0) is 4.74 Å². The van der Waals surface area contributed by atoms with Gasteiger partial charge in [-0.15, -0.1) is 0 Å². The number of ether oxygens (including phenoxy) is 1. The van der Waals surface area contributed by atoms with E-state index in [1.165, 1.54) is 0 Å². The molecule has 76 valence electrons. The molecular formula is C11H21NO. The summed E-state index contributed by atoms with van der Waals surface area (Å²) in [4.78, 5) is 4.63. The van der Waals surface area contributed by atoms with E-state index in [1.54, 1.807) is 0 Å². The van der Waals surface area contributed by atoms with Crippen molar-refractivity contribution in [3.63, 3.8) is 0 Å². The van der Waals surface area contributed by atoms with Crippen LogP contribution in [0.25, 0.3) is 0 Å². The smallest absolute Gasteiger partial charge is 0.190 e. The summed E-state index contributed by atoms with van der Waals surface area (Å²) >= 11 is 0. The van der Waals surface area contributed by atoms with Crippen LogP contribution in [0.4, 0.5) is 0 Å². The second-order valence-electron chi connectivity index (χ2n) is 4.79. The van der Waals surface area contributed by atoms with Crippen molar-refractivity contribution < 1.29 is 4.74 Å². The van der Waals surface area contributed by atoms with Crippen molar-refractivity contribution in [1.29, 1.82) is 0 Å². The van der Waals surface area contributed by atoms with Crippen LogP contribution in [0.3, 0.4) is 0 Å². The lowest BCUT2D eigenvalue weighted by atomic mass is 9.84. The summed E-state index contributed by atoms with van der Waals surface area (Å²) in [5.74, 6) is 0.961. The van der Waals surface area contributed by atoms with Gasteiger partial charge in [-0.2, -0.15) is 0 Å². The minimum absolute atomic E-state index is 0.0130. The highest BCUT2D eigenvalue weighted by atomic mass is 16.5. The molecule has 0 N–H and O–H groups in total. The summed E-state index contributed by atoms with van der Waals surface area (Å²) in [6.45, 7) is 11.6. The normalized spacial score (nSPS) is 21.2. The van der Waals surface area contributed by atoms with Gasteiger partial charge >= 0.3 is 0 Å². The molecule has 0 aromatic rings. The van der Waals surface area contributed by atoms with Gasteiger partial charge in [0.15, 0.2) is 5.90 Å². The summed E-state index contributed by atoms with van der Waals surface area (Å²) in [6.07, 6.45) is 2.19. The van der Waals surface area contributed by atoms with Crippen LogP contribution in [-0.4, -0.2) is 18.0 Å². The van der Waals surface area contributed by atoms with Crippen LogP contribution in [0, 0.1) is 5.41 Å². The topological polar surface area (TPSA) is 21.6 Å². The van der Waals surface area contributed by atoms with Crippen LogP contribution >= 0.6 is 0 Å². The maximum Gasteiger partial charge on any atom is 0.190 e. The summed E-state index contributed by atoms with van der Waals surface area (Å²) in [7, 11) is 0. The van der Waals surface area contributed by atoms with E-state index in [0.717, 1.165) is 25.3 Å². The summed E-state index contributed by atoms with van der Waals surface area (Å²) in [5, 5.41) is 0. The number of aliphatic imine (C=N–C) groups is 1. The lowest BCUT2D eigenvalue weighted by Crippen LogP contribution is -2.26. The Morgan fingerprint density at radius 1 is 1.38 bits per heavy atom. The van der Waals surface area contributed by atoms with Gasteiger partial charge in [0, 0.05) is 5.41 Å². The summed E-state index contributed by atoms with van der Waals surface area (Å²) in [6, 6.07) is 0. The predicted molar refractivity (Wildman–Crippen MR) is 56.2 cm³/mol. The molecule has 0 saturated carbocycles. The Bertz CT molecular complexity index is 214. The van der Waals surface area contributed by atoms with Gasteiger partial charge < -0.3 is 4.74 Å². The zero-order valence-electron chi connectivity index (χ0n) is 9.48. The molecule has 1 aliphatic heterocycles. The fourth-order valence-electron chi connectivity index (χ4n) is 1.45. The molecule has 0 radical (unpaired) electrons. The van der Waals surface area contributed by atoms with Gasteiger partial charge in [0.2, 0.25) is 0 Å². The summed E-state index contributed by atoms with van der Waals surface area (Å²) in [5.41, 5.74) is 0.134. The zero-order valence-corrected chi connectivity index (χ0v) is 9.48. The second-order valence-corrected chi connectivity index (χ2v) is 4.79. The van der Waals surface area contributed by atoms with Crippen molar-refractivity contribution in [3.8, 4) is 0 Å². The van der Waals surface area contributed by atoms with Crippen molar-refractivity contribution in [1.82, 2.24) is 0 Å². The van der Waals surface area contributed by atoms with Gasteiger partial charge in [0.05, 0.1) is 5.54 Å². The molecule has 0 fully saturated rings. The molecule has 0 aliphatic carbocycles. The number of hydrogen-bond donors (Lipinski definition) is 0. The van der Waals surface area contributed by atoms with E-state index < -0.39 is 0 Å². The van der Waals surface area contributed by atoms with Crippen molar-refractivity contribution in [3.05, 3.63) is 0 Å². The quantitative estimate of drug-likeness (QED) is 0.659. The van der Waals surface area contributed by atoms with E-state index in [-0.39, 0.29) is 11.0 Å². The molecule has 0 unspecified atom stereocenters. The number of nitrogens with zero attached hydrogens (tertiary/aromatic N) is 1. The number of rotatable bonds is 3. The first-order valence-electron chi connectivity index (χ1n) is 5.16. The first-order valence-corrected chi connectivity index (χ1v) is 5.16. The van der Waals surface area contributed by atoms with Crippen LogP contribution < -0.4 is 0 Å². The molecule has 2 heteroatoms. The minimum Gasteiger partial charge on any atom is -0.478 e. The van der Waals surface area contributed by atoms with Crippen LogP contribution in [0.15, 0.2) is 4.99 Å². The maximum absolute atomic E-state index is 5.67. The van der Waals surface area contributed by atoms with E-state index in [4.69, 9.17) is 4.74 Å². The van der Waals surface area contributed by atoms with Crippen LogP contribution in [0.2, 0.25) is 0 Å². The monoisotopic (exact) mass is 183 g/mol. The van der Waals surface area contributed by atoms with Crippen molar-refractivity contribution >= 4 is 5.90 Å². The Morgan fingerprint density at radius 3 is 2.23 bits per heavy atom. The lowest BCUT2D eigenvalue weighted by molar-refractivity contribution is 0.239. The van der Waals surface area contributed by atoms with Crippen molar-refractivity contribution in [2.75, 3.05) is 6.61 Å². The van der Waals surface area contributed by atoms with Crippen molar-refractivity contribution in [2.24, 2.45) is 10.4 Å². The summed E-state index contributed by atoms with van der Waals surface area (Å²) < 4.78 is 5.67. The van der Waals surface area contributed by atoms with E-state index in [2.05, 4.69) is 39.6 Å². The van der Waals surface area contributed by atoms with E-state index in [9.17, 15) is 0 Å². The Hall–Kier alpha value is -0.530. The average Bonchev–Trinajstić information content (AvgIpc) is 2.45. The third-order valence-corrected chi connectivity index (χ3v) is 3.04. The third kappa shape index (κ3) is 2.04. The molecule has 13 heavy (non-hydrogen) atoms. The molecular weight excluding hydrogens is 162 g/mol. The van der Waals surface area contributed by atoms with Gasteiger partial charge in [0.25, 0.3) is 0 Å². The fraction of sp³-hybridized carbons (Fsp3) is 0.909. The number of hydrogen-bond acceptors (Lipinski definition) is 2. The molecule has 0 saturated heterocycles. The Kier molecular flexibility index (Phi) is 2.69. The Labute approximate surface area is 81.4 Å². The van der Waals surface area contributed by atoms with Crippen LogP contribution in [0.1, 0.15) is 47.5 Å². The molecule has 0 amide bonds. The third-order valence-electron chi connectivity index (χ3n) is 3.04. The van der Waals surface area contributed by atoms with Gasteiger partial charge in [-0.3, -0.25) is 0 Å². The lowest BCUT2D eigenvalue weighted by Gasteiger charge is -2.25. The standard InChI is InChI=1S/C11H21NO/c1-6-11(5,7-2)9-12-10(3,4)8-13-9/h6-8H2,1-5H3. The molecule has 2 nitrogen and oxygen atoms in total. The predicted octanol–water partition coefficient (Wildman–Crippen LogP) is 3.02. The average molecular weight is 183 g/mol. The maximum atomic E-state index is 5.67. The fourth-order valence-corrected chi connectivity index (χ4v) is 1.45. The molecule has 1 aliphatic rings. The van der Waals surface area contributed by atoms with Crippen molar-refractivity contribution in [2.45, 2.75) is 53.0 Å². The van der Waals surface area contributed by atoms with Gasteiger partial charge in [-0.05, 0) is 26.7 Å². The molecule has 0 aromatic carbocycles. The van der Waals surface area contributed by atoms with Gasteiger partial charge in [0.1, 0.15) is 6.61 Å². The first-order chi connectivity index (χ1) is 5.93. The Morgan fingerprint density at radius 2 is 1.92 bits per heavy atom. The molecule has 1 rings (SSSR count). The highest BCUT2D eigenvalue weighted by Crippen LogP contribution is 2.33. The highest BCUT2D eigenvalue weighted by molar-refractivity contribution is 5.84.